The Bertz CT molecular complexity index is 1140. The quantitative estimate of drug-likeness (QED) is 0.586. The Hall–Kier alpha value is -3.39. The second kappa shape index (κ2) is 9.23. The molecule has 5 rings (SSSR count). The van der Waals surface area contributed by atoms with Crippen LogP contribution in [-0.4, -0.2) is 59.9 Å². The Morgan fingerprint density at radius 2 is 1.85 bits per heavy atom. The lowest BCUT2D eigenvalue weighted by atomic mass is 10.0. The number of fused-ring (bicyclic) bond motifs is 3. The van der Waals surface area contributed by atoms with Crippen LogP contribution in [0.2, 0.25) is 0 Å². The van der Waals surface area contributed by atoms with Gasteiger partial charge >= 0.3 is 0 Å². The first-order valence-corrected chi connectivity index (χ1v) is 11.4. The third kappa shape index (κ3) is 4.43. The number of aryl methyl sites for hydroxylation is 1. The molecule has 0 unspecified atom stereocenters. The van der Waals surface area contributed by atoms with Gasteiger partial charge in [0.05, 0.1) is 5.69 Å². The van der Waals surface area contributed by atoms with Crippen LogP contribution in [0.3, 0.4) is 0 Å². The van der Waals surface area contributed by atoms with Crippen molar-refractivity contribution in [2.45, 2.75) is 13.0 Å². The molecule has 0 spiro atoms. The zero-order valence-corrected chi connectivity index (χ0v) is 18.8. The minimum atomic E-state index is -0.206. The number of aromatic nitrogens is 2. The van der Waals surface area contributed by atoms with Crippen molar-refractivity contribution in [1.29, 1.82) is 0 Å². The predicted molar refractivity (Wildman–Crippen MR) is 125 cm³/mol. The summed E-state index contributed by atoms with van der Waals surface area (Å²) in [5.41, 5.74) is 4.25. The van der Waals surface area contributed by atoms with Crippen LogP contribution < -0.4 is 15.0 Å². The summed E-state index contributed by atoms with van der Waals surface area (Å²) in [6.07, 6.45) is 0.872. The third-order valence-electron chi connectivity index (χ3n) is 6.38. The number of ether oxygens (including phenoxy) is 1. The molecule has 1 aromatic heterocycles. The highest BCUT2D eigenvalue weighted by atomic mass is 19.1. The molecule has 1 fully saturated rings. The molecule has 1 amide bonds. The number of para-hydroxylation sites is 1. The van der Waals surface area contributed by atoms with Gasteiger partial charge in [0, 0.05) is 56.6 Å². The van der Waals surface area contributed by atoms with E-state index >= 15 is 0 Å². The number of rotatable bonds is 6. The van der Waals surface area contributed by atoms with Gasteiger partial charge in [-0.3, -0.25) is 14.4 Å². The van der Waals surface area contributed by atoms with Crippen LogP contribution >= 0.6 is 0 Å². The number of hydrogen-bond acceptors (Lipinski definition) is 5. The number of halogens is 1. The number of piperazine rings is 1. The molecule has 33 heavy (non-hydrogen) atoms. The summed E-state index contributed by atoms with van der Waals surface area (Å²) in [7, 11) is 1.86. The summed E-state index contributed by atoms with van der Waals surface area (Å²) in [5, 5.41) is 7.51. The molecular formula is C25H28FN5O2. The number of carbonyl (C=O) groups is 1. The summed E-state index contributed by atoms with van der Waals surface area (Å²) in [5.74, 6) is 0.457. The second-order valence-electron chi connectivity index (χ2n) is 8.50. The van der Waals surface area contributed by atoms with E-state index in [1.807, 2.05) is 43.4 Å². The van der Waals surface area contributed by atoms with E-state index in [4.69, 9.17) is 4.74 Å². The van der Waals surface area contributed by atoms with Crippen molar-refractivity contribution < 1.29 is 13.9 Å². The molecule has 2 aliphatic rings. The maximum atomic E-state index is 13.1. The van der Waals surface area contributed by atoms with Crippen LogP contribution in [-0.2, 0) is 13.7 Å². The molecule has 1 saturated heterocycles. The monoisotopic (exact) mass is 449 g/mol. The first kappa shape index (κ1) is 21.5. The highest BCUT2D eigenvalue weighted by Gasteiger charge is 2.28. The van der Waals surface area contributed by atoms with E-state index < -0.39 is 0 Å². The molecule has 0 radical (unpaired) electrons. The average Bonchev–Trinajstić information content (AvgIpc) is 3.20. The maximum Gasteiger partial charge on any atom is 0.272 e. The highest BCUT2D eigenvalue weighted by molar-refractivity contribution is 5.96. The van der Waals surface area contributed by atoms with Gasteiger partial charge in [-0.2, -0.15) is 5.10 Å². The number of amides is 1. The van der Waals surface area contributed by atoms with Gasteiger partial charge in [0.2, 0.25) is 0 Å². The normalized spacial score (nSPS) is 15.5. The Labute approximate surface area is 192 Å². The standard InChI is InChI=1S/C25H28FN5O2/c1-29-24-20-5-2-3-6-22(20)33-17-21(24)23(28-29)25(32)27-11-4-12-30-13-15-31(16-14-30)19-9-7-18(26)8-10-19/h2-3,5-10H,4,11-17H2,1H3,(H,27,32). The van der Waals surface area contributed by atoms with Crippen LogP contribution in [0.25, 0.3) is 11.3 Å². The number of anilines is 1. The largest absolute Gasteiger partial charge is 0.488 e. The third-order valence-corrected chi connectivity index (χ3v) is 6.38. The van der Waals surface area contributed by atoms with Gasteiger partial charge in [0.1, 0.15) is 18.2 Å². The minimum Gasteiger partial charge on any atom is -0.488 e. The van der Waals surface area contributed by atoms with Crippen LogP contribution in [0, 0.1) is 5.82 Å². The number of hydrogen-bond donors (Lipinski definition) is 1. The van der Waals surface area contributed by atoms with Crippen molar-refractivity contribution in [3.8, 4) is 17.0 Å². The number of nitrogens with one attached hydrogen (secondary N) is 1. The summed E-state index contributed by atoms with van der Waals surface area (Å²) in [4.78, 5) is 17.5. The smallest absolute Gasteiger partial charge is 0.272 e. The highest BCUT2D eigenvalue weighted by Crippen LogP contribution is 2.38. The average molecular weight is 450 g/mol. The van der Waals surface area contributed by atoms with E-state index in [1.165, 1.54) is 12.1 Å². The van der Waals surface area contributed by atoms with E-state index in [0.29, 0.717) is 18.8 Å². The molecule has 3 aromatic rings. The summed E-state index contributed by atoms with van der Waals surface area (Å²) < 4.78 is 20.7. The first-order valence-electron chi connectivity index (χ1n) is 11.4. The van der Waals surface area contributed by atoms with Crippen molar-refractivity contribution in [3.05, 3.63) is 65.6 Å². The lowest BCUT2D eigenvalue weighted by Crippen LogP contribution is -2.47. The van der Waals surface area contributed by atoms with Gasteiger partial charge in [-0.1, -0.05) is 12.1 Å². The van der Waals surface area contributed by atoms with Crippen LogP contribution in [0.1, 0.15) is 22.5 Å². The predicted octanol–water partition coefficient (Wildman–Crippen LogP) is 3.06. The number of nitrogens with zero attached hydrogens (tertiary/aromatic N) is 4. The van der Waals surface area contributed by atoms with E-state index in [-0.39, 0.29) is 11.7 Å². The molecule has 1 N–H and O–H groups in total. The van der Waals surface area contributed by atoms with Gasteiger partial charge in [0.15, 0.2) is 5.69 Å². The summed E-state index contributed by atoms with van der Waals surface area (Å²) in [6, 6.07) is 14.5. The van der Waals surface area contributed by atoms with Crippen molar-refractivity contribution in [3.63, 3.8) is 0 Å². The van der Waals surface area contributed by atoms with E-state index in [9.17, 15) is 9.18 Å². The molecule has 0 atom stereocenters. The molecule has 3 heterocycles. The van der Waals surface area contributed by atoms with Crippen molar-refractivity contribution in [2.75, 3.05) is 44.2 Å². The Morgan fingerprint density at radius 1 is 1.09 bits per heavy atom. The molecule has 172 valence electrons. The van der Waals surface area contributed by atoms with Gasteiger partial charge < -0.3 is 15.0 Å². The Morgan fingerprint density at radius 3 is 2.64 bits per heavy atom. The SMILES string of the molecule is Cn1nc(C(=O)NCCCN2CCN(c3ccc(F)cc3)CC2)c2c1-c1ccccc1OC2. The summed E-state index contributed by atoms with van der Waals surface area (Å²) in [6.45, 7) is 5.61. The molecule has 2 aliphatic heterocycles. The van der Waals surface area contributed by atoms with Gasteiger partial charge in [-0.25, -0.2) is 4.39 Å². The fraction of sp³-hybridized carbons (Fsp3) is 0.360. The van der Waals surface area contributed by atoms with E-state index in [0.717, 1.165) is 67.4 Å². The zero-order valence-electron chi connectivity index (χ0n) is 18.8. The lowest BCUT2D eigenvalue weighted by Gasteiger charge is -2.36. The Kier molecular flexibility index (Phi) is 6.00. The number of benzene rings is 2. The summed E-state index contributed by atoms with van der Waals surface area (Å²) >= 11 is 0. The van der Waals surface area contributed by atoms with Crippen molar-refractivity contribution in [2.24, 2.45) is 7.05 Å². The number of carbonyl (C=O) groups excluding carboxylic acids is 1. The van der Waals surface area contributed by atoms with E-state index in [1.54, 1.807) is 4.68 Å². The first-order chi connectivity index (χ1) is 16.1. The van der Waals surface area contributed by atoms with Crippen molar-refractivity contribution >= 4 is 11.6 Å². The van der Waals surface area contributed by atoms with Gasteiger partial charge in [-0.05, 0) is 49.4 Å². The van der Waals surface area contributed by atoms with Crippen LogP contribution in [0.4, 0.5) is 10.1 Å². The minimum absolute atomic E-state index is 0.157. The molecular weight excluding hydrogens is 421 g/mol. The maximum absolute atomic E-state index is 13.1. The fourth-order valence-corrected chi connectivity index (χ4v) is 4.63. The van der Waals surface area contributed by atoms with Gasteiger partial charge in [-0.15, -0.1) is 0 Å². The lowest BCUT2D eigenvalue weighted by molar-refractivity contribution is 0.0943. The van der Waals surface area contributed by atoms with E-state index in [2.05, 4.69) is 20.2 Å². The zero-order chi connectivity index (χ0) is 22.8. The molecule has 8 heteroatoms. The van der Waals surface area contributed by atoms with Crippen LogP contribution in [0.15, 0.2) is 48.5 Å². The molecule has 0 aliphatic carbocycles. The topological polar surface area (TPSA) is 62.6 Å². The molecule has 0 saturated carbocycles. The fourth-order valence-electron chi connectivity index (χ4n) is 4.63. The second-order valence-corrected chi connectivity index (χ2v) is 8.50. The van der Waals surface area contributed by atoms with Gasteiger partial charge in [0.25, 0.3) is 5.91 Å². The Balaban J connectivity index is 1.11. The molecule has 0 bridgehead atoms. The molecule has 7 nitrogen and oxygen atoms in total. The molecule has 2 aromatic carbocycles. The van der Waals surface area contributed by atoms with Crippen LogP contribution in [0.5, 0.6) is 5.75 Å². The van der Waals surface area contributed by atoms with Crippen molar-refractivity contribution in [1.82, 2.24) is 20.0 Å².